The van der Waals surface area contributed by atoms with E-state index < -0.39 is 11.9 Å². The second kappa shape index (κ2) is 7.38. The maximum Gasteiger partial charge on any atom is 0.434 e. The molecule has 7 heteroatoms. The third-order valence-electron chi connectivity index (χ3n) is 2.67. The summed E-state index contributed by atoms with van der Waals surface area (Å²) >= 11 is 1.08. The molecular weight excluding hydrogens is 289 g/mol. The lowest BCUT2D eigenvalue weighted by Crippen LogP contribution is -2.23. The molecule has 1 N–H and O–H groups in total. The highest BCUT2D eigenvalue weighted by atomic mass is 32.1. The Morgan fingerprint density at radius 2 is 1.95 bits per heavy atom. The standard InChI is InChI=1S/C13H21F3N2OS/c1-5-9(19-6-2)12-18-11(13(14,15)16)10(20-12)7-17-8(3)4/h8-9,17H,5-7H2,1-4H3. The van der Waals surface area contributed by atoms with E-state index in [1.807, 2.05) is 27.7 Å². The van der Waals surface area contributed by atoms with Crippen molar-refractivity contribution in [3.05, 3.63) is 15.6 Å². The van der Waals surface area contributed by atoms with Crippen LogP contribution < -0.4 is 5.32 Å². The Hall–Kier alpha value is -0.660. The van der Waals surface area contributed by atoms with Crippen molar-refractivity contribution < 1.29 is 17.9 Å². The maximum absolute atomic E-state index is 13.0. The van der Waals surface area contributed by atoms with Crippen molar-refractivity contribution >= 4 is 11.3 Å². The quantitative estimate of drug-likeness (QED) is 0.821. The number of halogens is 3. The van der Waals surface area contributed by atoms with E-state index in [9.17, 15) is 13.2 Å². The molecule has 20 heavy (non-hydrogen) atoms. The first-order valence-corrected chi connectivity index (χ1v) is 7.52. The number of hydrogen-bond acceptors (Lipinski definition) is 4. The molecule has 1 atom stereocenters. The topological polar surface area (TPSA) is 34.1 Å². The molecule has 0 aliphatic heterocycles. The monoisotopic (exact) mass is 310 g/mol. The van der Waals surface area contributed by atoms with E-state index in [1.54, 1.807) is 0 Å². The highest BCUT2D eigenvalue weighted by Crippen LogP contribution is 2.37. The van der Waals surface area contributed by atoms with Crippen molar-refractivity contribution in [3.63, 3.8) is 0 Å². The van der Waals surface area contributed by atoms with Crippen LogP contribution in [0.5, 0.6) is 0 Å². The predicted octanol–water partition coefficient (Wildman–Crippen LogP) is 4.15. The summed E-state index contributed by atoms with van der Waals surface area (Å²) in [6, 6.07) is 0.121. The summed E-state index contributed by atoms with van der Waals surface area (Å²) in [5, 5.41) is 3.41. The summed E-state index contributed by atoms with van der Waals surface area (Å²) in [4.78, 5) is 4.00. The molecule has 0 bridgehead atoms. The molecule has 1 rings (SSSR count). The van der Waals surface area contributed by atoms with Gasteiger partial charge in [-0.05, 0) is 13.3 Å². The molecule has 3 nitrogen and oxygen atoms in total. The molecule has 0 aromatic carbocycles. The van der Waals surface area contributed by atoms with Crippen molar-refractivity contribution in [2.45, 2.75) is 59.0 Å². The van der Waals surface area contributed by atoms with Gasteiger partial charge in [0, 0.05) is 19.2 Å². The number of alkyl halides is 3. The van der Waals surface area contributed by atoms with Gasteiger partial charge in [-0.25, -0.2) is 4.98 Å². The first-order chi connectivity index (χ1) is 9.29. The number of hydrogen-bond donors (Lipinski definition) is 1. The average molecular weight is 310 g/mol. The fourth-order valence-corrected chi connectivity index (χ4v) is 2.88. The van der Waals surface area contributed by atoms with Crippen LogP contribution in [0, 0.1) is 0 Å². The van der Waals surface area contributed by atoms with Crippen LogP contribution in [-0.2, 0) is 17.5 Å². The fraction of sp³-hybridized carbons (Fsp3) is 0.769. The van der Waals surface area contributed by atoms with Gasteiger partial charge in [0.25, 0.3) is 0 Å². The summed E-state index contributed by atoms with van der Waals surface area (Å²) in [5.74, 6) is 0. The van der Waals surface area contributed by atoms with Crippen molar-refractivity contribution in [1.29, 1.82) is 0 Å². The van der Waals surface area contributed by atoms with Crippen LogP contribution in [0.1, 0.15) is 55.8 Å². The van der Waals surface area contributed by atoms with Crippen molar-refractivity contribution in [3.8, 4) is 0 Å². The number of nitrogens with zero attached hydrogens (tertiary/aromatic N) is 1. The Kier molecular flexibility index (Phi) is 6.42. The fourth-order valence-electron chi connectivity index (χ4n) is 1.71. The number of ether oxygens (including phenoxy) is 1. The number of nitrogens with one attached hydrogen (secondary N) is 1. The zero-order valence-corrected chi connectivity index (χ0v) is 13.0. The minimum absolute atomic E-state index is 0.121. The zero-order valence-electron chi connectivity index (χ0n) is 12.2. The van der Waals surface area contributed by atoms with Gasteiger partial charge >= 0.3 is 6.18 Å². The third-order valence-corrected chi connectivity index (χ3v) is 3.81. The van der Waals surface area contributed by atoms with Gasteiger partial charge in [-0.1, -0.05) is 20.8 Å². The van der Waals surface area contributed by atoms with Gasteiger partial charge in [-0.3, -0.25) is 0 Å². The van der Waals surface area contributed by atoms with Crippen molar-refractivity contribution in [1.82, 2.24) is 10.3 Å². The second-order valence-electron chi connectivity index (χ2n) is 4.71. The summed E-state index contributed by atoms with van der Waals surface area (Å²) in [7, 11) is 0. The van der Waals surface area contributed by atoms with Crippen LogP contribution >= 0.6 is 11.3 Å². The van der Waals surface area contributed by atoms with Gasteiger partial charge in [0.15, 0.2) is 5.69 Å². The normalized spacial score (nSPS) is 14.0. The van der Waals surface area contributed by atoms with E-state index in [2.05, 4.69) is 10.3 Å². The average Bonchev–Trinajstić information content (AvgIpc) is 2.77. The van der Waals surface area contributed by atoms with Crippen LogP contribution in [0.2, 0.25) is 0 Å². The van der Waals surface area contributed by atoms with Crippen LogP contribution in [0.15, 0.2) is 0 Å². The first-order valence-electron chi connectivity index (χ1n) is 6.71. The Morgan fingerprint density at radius 3 is 2.40 bits per heavy atom. The predicted molar refractivity (Wildman–Crippen MR) is 73.7 cm³/mol. The molecule has 116 valence electrons. The molecule has 0 amide bonds. The van der Waals surface area contributed by atoms with E-state index in [4.69, 9.17) is 4.74 Å². The molecule has 0 aliphatic carbocycles. The van der Waals surface area contributed by atoms with Gasteiger partial charge in [-0.15, -0.1) is 11.3 Å². The molecule has 0 saturated carbocycles. The Bertz CT molecular complexity index is 418. The summed E-state index contributed by atoms with van der Waals surface area (Å²) in [5.41, 5.74) is -0.788. The lowest BCUT2D eigenvalue weighted by molar-refractivity contribution is -0.141. The molecule has 1 heterocycles. The minimum Gasteiger partial charge on any atom is -0.371 e. The smallest absolute Gasteiger partial charge is 0.371 e. The maximum atomic E-state index is 13.0. The lowest BCUT2D eigenvalue weighted by Gasteiger charge is -2.11. The first kappa shape index (κ1) is 17.4. The van der Waals surface area contributed by atoms with Gasteiger partial charge in [-0.2, -0.15) is 13.2 Å². The Labute approximate surface area is 121 Å². The number of aromatic nitrogens is 1. The molecule has 1 aromatic rings. The summed E-state index contributed by atoms with van der Waals surface area (Å²) in [6.07, 6.45) is -4.18. The van der Waals surface area contributed by atoms with Crippen LogP contribution in [0.4, 0.5) is 13.2 Å². The highest BCUT2D eigenvalue weighted by Gasteiger charge is 2.38. The van der Waals surface area contributed by atoms with E-state index in [-0.39, 0.29) is 23.6 Å². The molecular formula is C13H21F3N2OS. The Balaban J connectivity index is 3.04. The largest absolute Gasteiger partial charge is 0.434 e. The molecule has 0 aliphatic rings. The van der Waals surface area contributed by atoms with E-state index in [0.29, 0.717) is 18.0 Å². The summed E-state index contributed by atoms with van der Waals surface area (Å²) < 4.78 is 44.5. The van der Waals surface area contributed by atoms with E-state index in [1.165, 1.54) is 0 Å². The van der Waals surface area contributed by atoms with Crippen molar-refractivity contribution in [2.24, 2.45) is 0 Å². The molecule has 0 fully saturated rings. The van der Waals surface area contributed by atoms with Gasteiger partial charge < -0.3 is 10.1 Å². The molecule has 0 saturated heterocycles. The van der Waals surface area contributed by atoms with Gasteiger partial charge in [0.1, 0.15) is 11.1 Å². The zero-order chi connectivity index (χ0) is 15.3. The number of rotatable bonds is 7. The van der Waals surface area contributed by atoms with Crippen LogP contribution in [0.3, 0.4) is 0 Å². The van der Waals surface area contributed by atoms with Crippen LogP contribution in [0.25, 0.3) is 0 Å². The SMILES string of the molecule is CCOC(CC)c1nc(C(F)(F)F)c(CNC(C)C)s1. The van der Waals surface area contributed by atoms with E-state index >= 15 is 0 Å². The number of thiazole rings is 1. The third kappa shape index (κ3) is 4.71. The molecule has 1 aromatic heterocycles. The summed E-state index contributed by atoms with van der Waals surface area (Å²) in [6.45, 7) is 8.11. The molecule has 0 radical (unpaired) electrons. The molecule has 1 unspecified atom stereocenters. The molecule has 0 spiro atoms. The van der Waals surface area contributed by atoms with Crippen LogP contribution in [-0.4, -0.2) is 17.6 Å². The Morgan fingerprint density at radius 1 is 1.30 bits per heavy atom. The second-order valence-corrected chi connectivity index (χ2v) is 5.82. The van der Waals surface area contributed by atoms with Gasteiger partial charge in [0.05, 0.1) is 4.88 Å². The highest BCUT2D eigenvalue weighted by molar-refractivity contribution is 7.11. The van der Waals surface area contributed by atoms with E-state index in [0.717, 1.165) is 11.3 Å². The van der Waals surface area contributed by atoms with Crippen molar-refractivity contribution in [2.75, 3.05) is 6.61 Å². The minimum atomic E-state index is -4.42. The lowest BCUT2D eigenvalue weighted by atomic mass is 10.3. The van der Waals surface area contributed by atoms with Gasteiger partial charge in [0.2, 0.25) is 0 Å².